The Morgan fingerprint density at radius 2 is 0.885 bits per heavy atom. The van der Waals surface area contributed by atoms with E-state index in [9.17, 15) is 0 Å². The molecule has 2 heteroatoms. The van der Waals surface area contributed by atoms with Gasteiger partial charge in [-0.25, -0.2) is 0 Å². The summed E-state index contributed by atoms with van der Waals surface area (Å²) in [5.74, 6) is 0. The van der Waals surface area contributed by atoms with Crippen LogP contribution in [-0.4, -0.2) is 0 Å². The van der Waals surface area contributed by atoms with Gasteiger partial charge in [0.2, 0.25) is 0 Å². The lowest BCUT2D eigenvalue weighted by Gasteiger charge is -2.35. The summed E-state index contributed by atoms with van der Waals surface area (Å²) in [6.45, 7) is 0. The first-order valence-corrected chi connectivity index (χ1v) is 21.0. The van der Waals surface area contributed by atoms with Gasteiger partial charge in [-0.15, -0.1) is 0 Å². The van der Waals surface area contributed by atoms with E-state index in [-0.39, 0.29) is 0 Å². The lowest BCUT2D eigenvalue weighted by atomic mass is 9.67. The van der Waals surface area contributed by atoms with Gasteiger partial charge in [0.25, 0.3) is 0 Å². The van der Waals surface area contributed by atoms with Gasteiger partial charge in [-0.1, -0.05) is 200 Å². The first-order valence-electron chi connectivity index (χ1n) is 21.0. The minimum Gasteiger partial charge on any atom is -0.455 e. The van der Waals surface area contributed by atoms with Gasteiger partial charge in [0.05, 0.1) is 11.1 Å². The fraction of sp³-hybridized carbons (Fsp3) is 0.0169. The van der Waals surface area contributed by atoms with Crippen LogP contribution in [0.15, 0.2) is 241 Å². The van der Waals surface area contributed by atoms with Crippen LogP contribution in [-0.2, 0) is 5.41 Å². The molecule has 0 spiro atoms. The monoisotopic (exact) mass is 777 g/mol. The molecule has 0 bridgehead atoms. The molecular weight excluding hydrogens is 739 g/mol. The predicted octanol–water partition coefficient (Wildman–Crippen LogP) is 15.9. The summed E-state index contributed by atoms with van der Waals surface area (Å²) in [6, 6.07) is 86.0. The third-order valence-electron chi connectivity index (χ3n) is 12.7. The summed E-state index contributed by atoms with van der Waals surface area (Å²) in [5, 5.41) is 4.40. The van der Waals surface area contributed by atoms with Crippen molar-refractivity contribution in [3.05, 3.63) is 259 Å². The zero-order valence-corrected chi connectivity index (χ0v) is 33.4. The zero-order valence-electron chi connectivity index (χ0n) is 33.4. The third-order valence-corrected chi connectivity index (χ3v) is 12.7. The van der Waals surface area contributed by atoms with E-state index in [4.69, 9.17) is 4.42 Å². The zero-order chi connectivity index (χ0) is 40.3. The molecule has 0 aliphatic heterocycles. The van der Waals surface area contributed by atoms with Crippen LogP contribution in [0, 0.1) is 0 Å². The summed E-state index contributed by atoms with van der Waals surface area (Å²) in [4.78, 5) is 2.46. The van der Waals surface area contributed by atoms with E-state index in [1.165, 1.54) is 44.5 Å². The molecule has 1 aliphatic rings. The summed E-state index contributed by atoms with van der Waals surface area (Å²) in [5.41, 5.74) is 16.7. The number of benzene rings is 10. The van der Waals surface area contributed by atoms with Crippen LogP contribution in [0.1, 0.15) is 22.3 Å². The predicted molar refractivity (Wildman–Crippen MR) is 254 cm³/mol. The van der Waals surface area contributed by atoms with E-state index < -0.39 is 5.41 Å². The standard InChI is InChI=1S/C59H39NO/c1-5-18-40(19-6-1)41-32-34-45(35-33-41)60(55-39-52-57-47(42-20-7-2-8-21-42)29-17-31-56(57)61-58(52)51-28-14-13-27-50(51)55)46-36-37-49-48-26-15-16-30-53(48)59(54(49)38-46,43-22-9-3-10-23-43)44-24-11-4-12-25-44/h1-39H. The maximum atomic E-state index is 6.84. The van der Waals surface area contributed by atoms with Crippen molar-refractivity contribution in [2.75, 3.05) is 4.90 Å². The molecule has 0 radical (unpaired) electrons. The van der Waals surface area contributed by atoms with Gasteiger partial charge in [0.15, 0.2) is 0 Å². The van der Waals surface area contributed by atoms with E-state index in [0.717, 1.165) is 60.9 Å². The normalized spacial score (nSPS) is 12.7. The molecule has 1 aliphatic carbocycles. The molecule has 0 N–H and O–H groups in total. The number of fused-ring (bicyclic) bond motifs is 8. The van der Waals surface area contributed by atoms with Crippen LogP contribution in [0.4, 0.5) is 17.1 Å². The lowest BCUT2D eigenvalue weighted by molar-refractivity contribution is 0.673. The highest BCUT2D eigenvalue weighted by Crippen LogP contribution is 2.57. The Kier molecular flexibility index (Phi) is 8.11. The molecule has 286 valence electrons. The number of nitrogens with zero attached hydrogens (tertiary/aromatic N) is 1. The Hall–Kier alpha value is -7.94. The highest BCUT2D eigenvalue weighted by molar-refractivity contribution is 6.22. The van der Waals surface area contributed by atoms with Gasteiger partial charge in [-0.3, -0.25) is 0 Å². The average molecular weight is 778 g/mol. The molecule has 0 atom stereocenters. The molecule has 0 fully saturated rings. The largest absolute Gasteiger partial charge is 0.455 e. The summed E-state index contributed by atoms with van der Waals surface area (Å²) >= 11 is 0. The third kappa shape index (κ3) is 5.43. The average Bonchev–Trinajstić information content (AvgIpc) is 3.87. The van der Waals surface area contributed by atoms with Gasteiger partial charge in [-0.2, -0.15) is 0 Å². The number of hydrogen-bond donors (Lipinski definition) is 0. The minimum absolute atomic E-state index is 0.537. The van der Waals surface area contributed by atoms with Gasteiger partial charge in [0.1, 0.15) is 11.2 Å². The smallest absolute Gasteiger partial charge is 0.143 e. The maximum absolute atomic E-state index is 6.84. The molecule has 0 saturated carbocycles. The van der Waals surface area contributed by atoms with Gasteiger partial charge >= 0.3 is 0 Å². The molecule has 61 heavy (non-hydrogen) atoms. The SMILES string of the molecule is c1ccc(-c2ccc(N(c3ccc4c(c3)C(c3ccccc3)(c3ccccc3)c3ccccc3-4)c3cc4c(oc5cccc(-c6ccccc6)c54)c4ccccc34)cc2)cc1. The maximum Gasteiger partial charge on any atom is 0.143 e. The fourth-order valence-electron chi connectivity index (χ4n) is 10.1. The van der Waals surface area contributed by atoms with Crippen LogP contribution in [0.3, 0.4) is 0 Å². The van der Waals surface area contributed by atoms with Crippen LogP contribution in [0.2, 0.25) is 0 Å². The van der Waals surface area contributed by atoms with Crippen molar-refractivity contribution >= 4 is 49.8 Å². The van der Waals surface area contributed by atoms with Crippen molar-refractivity contribution in [1.29, 1.82) is 0 Å². The molecule has 11 aromatic rings. The van der Waals surface area contributed by atoms with Gasteiger partial charge in [-0.05, 0) is 92.0 Å². The number of anilines is 3. The van der Waals surface area contributed by atoms with Crippen LogP contribution >= 0.6 is 0 Å². The van der Waals surface area contributed by atoms with Crippen molar-refractivity contribution in [2.24, 2.45) is 0 Å². The minimum atomic E-state index is -0.537. The molecular formula is C59H39NO. The quantitative estimate of drug-likeness (QED) is 0.160. The Morgan fingerprint density at radius 1 is 0.344 bits per heavy atom. The van der Waals surface area contributed by atoms with Crippen LogP contribution in [0.25, 0.3) is 66.1 Å². The van der Waals surface area contributed by atoms with Crippen molar-refractivity contribution in [3.8, 4) is 33.4 Å². The summed E-state index contributed by atoms with van der Waals surface area (Å²) < 4.78 is 6.84. The number of rotatable bonds is 7. The van der Waals surface area contributed by atoms with Crippen molar-refractivity contribution in [3.63, 3.8) is 0 Å². The second-order valence-corrected chi connectivity index (χ2v) is 16.0. The van der Waals surface area contributed by atoms with E-state index in [1.807, 2.05) is 0 Å². The number of furan rings is 1. The molecule has 0 unspecified atom stereocenters. The molecule has 12 rings (SSSR count). The van der Waals surface area contributed by atoms with Crippen molar-refractivity contribution < 1.29 is 4.42 Å². The van der Waals surface area contributed by atoms with Gasteiger partial charge < -0.3 is 9.32 Å². The van der Waals surface area contributed by atoms with E-state index in [2.05, 4.69) is 241 Å². The Bertz CT molecular complexity index is 3350. The highest BCUT2D eigenvalue weighted by Gasteiger charge is 2.46. The molecule has 2 nitrogen and oxygen atoms in total. The molecule has 0 amide bonds. The van der Waals surface area contributed by atoms with Crippen molar-refractivity contribution in [2.45, 2.75) is 5.41 Å². The van der Waals surface area contributed by atoms with Gasteiger partial charge in [0, 0.05) is 32.9 Å². The molecule has 1 aromatic heterocycles. The van der Waals surface area contributed by atoms with E-state index >= 15 is 0 Å². The second kappa shape index (κ2) is 14.1. The number of hydrogen-bond acceptors (Lipinski definition) is 2. The molecule has 1 heterocycles. The van der Waals surface area contributed by atoms with E-state index in [1.54, 1.807) is 0 Å². The Balaban J connectivity index is 1.17. The van der Waals surface area contributed by atoms with Crippen LogP contribution in [0.5, 0.6) is 0 Å². The summed E-state index contributed by atoms with van der Waals surface area (Å²) in [6.07, 6.45) is 0. The topological polar surface area (TPSA) is 16.4 Å². The first-order chi connectivity index (χ1) is 30.3. The lowest BCUT2D eigenvalue weighted by Crippen LogP contribution is -2.28. The first kappa shape index (κ1) is 35.0. The highest BCUT2D eigenvalue weighted by atomic mass is 16.3. The fourth-order valence-corrected chi connectivity index (χ4v) is 10.1. The Morgan fingerprint density at radius 3 is 1.59 bits per heavy atom. The summed E-state index contributed by atoms with van der Waals surface area (Å²) in [7, 11) is 0. The molecule has 10 aromatic carbocycles. The van der Waals surface area contributed by atoms with Crippen LogP contribution < -0.4 is 4.90 Å². The molecule has 0 saturated heterocycles. The Labute approximate surface area is 355 Å². The van der Waals surface area contributed by atoms with Crippen molar-refractivity contribution in [1.82, 2.24) is 0 Å². The van der Waals surface area contributed by atoms with E-state index in [0.29, 0.717) is 0 Å². The second-order valence-electron chi connectivity index (χ2n) is 16.0.